The van der Waals surface area contributed by atoms with Crippen LogP contribution in [0.5, 0.6) is 11.5 Å². The minimum absolute atomic E-state index is 0.0709. The average Bonchev–Trinajstić information content (AvgIpc) is 2.98. The summed E-state index contributed by atoms with van der Waals surface area (Å²) in [5.41, 5.74) is 3.99. The summed E-state index contributed by atoms with van der Waals surface area (Å²) in [6.45, 7) is 1.92. The van der Waals surface area contributed by atoms with E-state index in [0.717, 1.165) is 16.3 Å². The van der Waals surface area contributed by atoms with E-state index in [-0.39, 0.29) is 34.7 Å². The number of para-hydroxylation sites is 1. The first kappa shape index (κ1) is 27.0. The summed E-state index contributed by atoms with van der Waals surface area (Å²) in [4.78, 5) is 28.9. The summed E-state index contributed by atoms with van der Waals surface area (Å²) >= 11 is 5.87. The quantitative estimate of drug-likeness (QED) is 0.249. The van der Waals surface area contributed by atoms with Crippen molar-refractivity contribution in [3.63, 3.8) is 0 Å². The lowest BCUT2D eigenvalue weighted by atomic mass is 10.0. The van der Waals surface area contributed by atoms with Gasteiger partial charge in [-0.3, -0.25) is 9.59 Å². The number of piperazine rings is 1. The van der Waals surface area contributed by atoms with Gasteiger partial charge >= 0.3 is 0 Å². The molecule has 2 amide bonds. The number of carbonyl (C=O) groups excluding carboxylic acids is 2. The van der Waals surface area contributed by atoms with Crippen molar-refractivity contribution in [1.82, 2.24) is 10.3 Å². The highest BCUT2D eigenvalue weighted by atomic mass is 35.5. The van der Waals surface area contributed by atoms with Gasteiger partial charge < -0.3 is 19.6 Å². The minimum atomic E-state index is -0.476. The summed E-state index contributed by atoms with van der Waals surface area (Å²) in [7, 11) is 0. The highest BCUT2D eigenvalue weighted by molar-refractivity contribution is 6.32. The number of phenols is 1. The fourth-order valence-corrected chi connectivity index (χ4v) is 4.72. The molecular formula is C30H26ClFN4O4. The second kappa shape index (κ2) is 12.0. The van der Waals surface area contributed by atoms with Crippen molar-refractivity contribution in [3.05, 3.63) is 101 Å². The SMILES string of the molecule is O=C(N/N=C/c1ccc(OCC(=O)N2CCN(c3ccccc3F)CC2)c2ccccc12)c1ccc(O)c(Cl)c1. The summed E-state index contributed by atoms with van der Waals surface area (Å²) in [5.74, 6) is -0.445. The Labute approximate surface area is 235 Å². The summed E-state index contributed by atoms with van der Waals surface area (Å²) < 4.78 is 20.0. The predicted octanol–water partition coefficient (Wildman–Crippen LogP) is 4.83. The van der Waals surface area contributed by atoms with E-state index in [1.54, 1.807) is 35.2 Å². The van der Waals surface area contributed by atoms with Crippen LogP contribution in [0.1, 0.15) is 15.9 Å². The Morgan fingerprint density at radius 3 is 2.45 bits per heavy atom. The standard InChI is InChI=1S/C30H26ClFN4O4/c31-24-17-20(9-11-27(24)37)30(39)34-33-18-21-10-12-28(23-6-2-1-5-22(21)23)40-19-29(38)36-15-13-35(14-16-36)26-8-4-3-7-25(26)32/h1-12,17-18,37H,13-16,19H2,(H,34,39)/b33-18+. The number of ether oxygens (including phenoxy) is 1. The Hall–Kier alpha value is -4.63. The molecule has 0 aliphatic carbocycles. The number of carbonyl (C=O) groups is 2. The number of halogens is 2. The fourth-order valence-electron chi connectivity index (χ4n) is 4.54. The van der Waals surface area contributed by atoms with Crippen LogP contribution in [0.15, 0.2) is 84.0 Å². The number of phenolic OH excluding ortho intramolecular Hbond substituents is 1. The van der Waals surface area contributed by atoms with Gasteiger partial charge in [-0.25, -0.2) is 9.82 Å². The maximum absolute atomic E-state index is 14.1. The van der Waals surface area contributed by atoms with Crippen LogP contribution in [-0.2, 0) is 4.79 Å². The molecule has 0 bridgehead atoms. The molecule has 2 N–H and O–H groups in total. The largest absolute Gasteiger partial charge is 0.506 e. The van der Waals surface area contributed by atoms with Crippen LogP contribution in [0.4, 0.5) is 10.1 Å². The van der Waals surface area contributed by atoms with Crippen LogP contribution in [0.25, 0.3) is 10.8 Å². The molecule has 0 radical (unpaired) electrons. The second-order valence-electron chi connectivity index (χ2n) is 9.17. The molecule has 0 aromatic heterocycles. The first-order valence-corrected chi connectivity index (χ1v) is 13.0. The number of amides is 2. The Morgan fingerprint density at radius 2 is 1.70 bits per heavy atom. The number of hydrazone groups is 1. The third-order valence-corrected chi connectivity index (χ3v) is 6.98. The number of anilines is 1. The van der Waals surface area contributed by atoms with Crippen molar-refractivity contribution >= 4 is 46.1 Å². The Kier molecular flexibility index (Phi) is 8.12. The van der Waals surface area contributed by atoms with Gasteiger partial charge in [0.1, 0.15) is 17.3 Å². The van der Waals surface area contributed by atoms with Crippen molar-refractivity contribution in [2.45, 2.75) is 0 Å². The van der Waals surface area contributed by atoms with E-state index >= 15 is 0 Å². The molecule has 4 aromatic carbocycles. The molecule has 0 spiro atoms. The lowest BCUT2D eigenvalue weighted by molar-refractivity contribution is -0.133. The number of fused-ring (bicyclic) bond motifs is 1. The molecule has 204 valence electrons. The Morgan fingerprint density at radius 1 is 0.975 bits per heavy atom. The van der Waals surface area contributed by atoms with Crippen molar-refractivity contribution in [1.29, 1.82) is 0 Å². The van der Waals surface area contributed by atoms with Gasteiger partial charge in [0.25, 0.3) is 11.8 Å². The van der Waals surface area contributed by atoms with E-state index < -0.39 is 5.91 Å². The van der Waals surface area contributed by atoms with Crippen molar-refractivity contribution in [3.8, 4) is 11.5 Å². The van der Waals surface area contributed by atoms with E-state index in [9.17, 15) is 19.1 Å². The van der Waals surface area contributed by atoms with Crippen LogP contribution < -0.4 is 15.1 Å². The zero-order valence-corrected chi connectivity index (χ0v) is 22.1. The van der Waals surface area contributed by atoms with Gasteiger partial charge in [0.05, 0.1) is 16.9 Å². The van der Waals surface area contributed by atoms with Gasteiger partial charge in [0.15, 0.2) is 6.61 Å². The minimum Gasteiger partial charge on any atom is -0.506 e. The molecule has 0 atom stereocenters. The van der Waals surface area contributed by atoms with Crippen LogP contribution in [0.2, 0.25) is 5.02 Å². The third-order valence-electron chi connectivity index (χ3n) is 6.67. The molecule has 40 heavy (non-hydrogen) atoms. The van der Waals surface area contributed by atoms with Crippen molar-refractivity contribution in [2.24, 2.45) is 5.10 Å². The number of benzene rings is 4. The van der Waals surface area contributed by atoms with Gasteiger partial charge in [-0.1, -0.05) is 48.0 Å². The van der Waals surface area contributed by atoms with Gasteiger partial charge in [-0.2, -0.15) is 5.10 Å². The third kappa shape index (κ3) is 6.00. The summed E-state index contributed by atoms with van der Waals surface area (Å²) in [5, 5.41) is 15.3. The predicted molar refractivity (Wildman–Crippen MR) is 153 cm³/mol. The van der Waals surface area contributed by atoms with E-state index in [4.69, 9.17) is 16.3 Å². The molecule has 8 nitrogen and oxygen atoms in total. The molecule has 0 saturated carbocycles. The van der Waals surface area contributed by atoms with E-state index in [1.807, 2.05) is 29.2 Å². The molecule has 1 heterocycles. The highest BCUT2D eigenvalue weighted by Crippen LogP contribution is 2.28. The molecule has 10 heteroatoms. The van der Waals surface area contributed by atoms with Gasteiger partial charge in [-0.05, 0) is 47.9 Å². The number of nitrogens with zero attached hydrogens (tertiary/aromatic N) is 3. The summed E-state index contributed by atoms with van der Waals surface area (Å²) in [6, 6.07) is 21.9. The number of hydrogen-bond donors (Lipinski definition) is 2. The van der Waals surface area contributed by atoms with Crippen LogP contribution >= 0.6 is 11.6 Å². The molecular weight excluding hydrogens is 535 g/mol. The van der Waals surface area contributed by atoms with Gasteiger partial charge in [0.2, 0.25) is 0 Å². The number of hydrogen-bond acceptors (Lipinski definition) is 6. The lowest BCUT2D eigenvalue weighted by Crippen LogP contribution is -2.50. The Balaban J connectivity index is 1.20. The molecule has 1 aliphatic rings. The zero-order chi connectivity index (χ0) is 28.1. The van der Waals surface area contributed by atoms with E-state index in [1.165, 1.54) is 30.5 Å². The molecule has 5 rings (SSSR count). The number of aromatic hydroxyl groups is 1. The van der Waals surface area contributed by atoms with E-state index in [0.29, 0.717) is 37.6 Å². The highest BCUT2D eigenvalue weighted by Gasteiger charge is 2.23. The number of nitrogens with one attached hydrogen (secondary N) is 1. The fraction of sp³-hybridized carbons (Fsp3) is 0.167. The first-order valence-electron chi connectivity index (χ1n) is 12.6. The molecule has 4 aromatic rings. The first-order chi connectivity index (χ1) is 19.4. The van der Waals surface area contributed by atoms with Crippen molar-refractivity contribution < 1.29 is 23.8 Å². The van der Waals surface area contributed by atoms with Gasteiger partial charge in [0, 0.05) is 42.7 Å². The van der Waals surface area contributed by atoms with Crippen LogP contribution in [0.3, 0.4) is 0 Å². The van der Waals surface area contributed by atoms with E-state index in [2.05, 4.69) is 10.5 Å². The smallest absolute Gasteiger partial charge is 0.271 e. The topological polar surface area (TPSA) is 94.5 Å². The zero-order valence-electron chi connectivity index (χ0n) is 21.4. The second-order valence-corrected chi connectivity index (χ2v) is 9.58. The molecule has 1 saturated heterocycles. The maximum Gasteiger partial charge on any atom is 0.271 e. The summed E-state index contributed by atoms with van der Waals surface area (Å²) in [6.07, 6.45) is 1.52. The number of rotatable bonds is 7. The molecule has 1 aliphatic heterocycles. The average molecular weight is 561 g/mol. The molecule has 0 unspecified atom stereocenters. The molecule has 1 fully saturated rings. The maximum atomic E-state index is 14.1. The van der Waals surface area contributed by atoms with Crippen LogP contribution in [-0.4, -0.2) is 60.8 Å². The Bertz CT molecular complexity index is 1590. The van der Waals surface area contributed by atoms with Crippen molar-refractivity contribution in [2.75, 3.05) is 37.7 Å². The van der Waals surface area contributed by atoms with Crippen LogP contribution in [0, 0.1) is 5.82 Å². The monoisotopic (exact) mass is 560 g/mol. The lowest BCUT2D eigenvalue weighted by Gasteiger charge is -2.36. The normalized spacial score (nSPS) is 13.6. The van der Waals surface area contributed by atoms with Gasteiger partial charge in [-0.15, -0.1) is 0 Å².